The van der Waals surface area contributed by atoms with Gasteiger partial charge >= 0.3 is 0 Å². The summed E-state index contributed by atoms with van der Waals surface area (Å²) >= 11 is 0. The zero-order valence-corrected chi connectivity index (χ0v) is 15.1. The standard InChI is InChI=1S/C19H30FN3O2/c1-2-21-19(23-14-16-4-6-18(20)7-5-16)22-10-3-11-25-15-17-8-12-24-13-9-17/h4-7,17H,2-3,8-15H2,1H3,(H2,21,22,23). The van der Waals surface area contributed by atoms with Crippen molar-refractivity contribution in [2.24, 2.45) is 10.9 Å². The molecule has 1 heterocycles. The fraction of sp³-hybridized carbons (Fsp3) is 0.632. The lowest BCUT2D eigenvalue weighted by atomic mass is 10.0. The van der Waals surface area contributed by atoms with Crippen LogP contribution in [0.5, 0.6) is 0 Å². The highest BCUT2D eigenvalue weighted by Gasteiger charge is 2.13. The Balaban J connectivity index is 1.61. The zero-order chi connectivity index (χ0) is 17.7. The molecular weight excluding hydrogens is 321 g/mol. The smallest absolute Gasteiger partial charge is 0.191 e. The quantitative estimate of drug-likeness (QED) is 0.408. The van der Waals surface area contributed by atoms with Crippen molar-refractivity contribution in [3.05, 3.63) is 35.6 Å². The van der Waals surface area contributed by atoms with E-state index in [0.717, 1.165) is 70.3 Å². The molecule has 25 heavy (non-hydrogen) atoms. The Morgan fingerprint density at radius 3 is 2.72 bits per heavy atom. The van der Waals surface area contributed by atoms with Gasteiger partial charge in [-0.3, -0.25) is 0 Å². The highest BCUT2D eigenvalue weighted by atomic mass is 19.1. The molecule has 2 N–H and O–H groups in total. The van der Waals surface area contributed by atoms with E-state index in [0.29, 0.717) is 12.5 Å². The Labute approximate surface area is 150 Å². The normalized spacial score (nSPS) is 16.0. The van der Waals surface area contributed by atoms with Crippen LogP contribution in [-0.2, 0) is 16.0 Å². The molecule has 1 aromatic carbocycles. The molecule has 1 aromatic rings. The van der Waals surface area contributed by atoms with Crippen LogP contribution in [-0.4, -0.2) is 45.5 Å². The molecule has 6 heteroatoms. The average Bonchev–Trinajstić information content (AvgIpc) is 2.64. The van der Waals surface area contributed by atoms with Gasteiger partial charge in [0.05, 0.1) is 6.54 Å². The number of benzene rings is 1. The third-order valence-electron chi connectivity index (χ3n) is 4.13. The lowest BCUT2D eigenvalue weighted by Crippen LogP contribution is -2.38. The molecule has 0 unspecified atom stereocenters. The molecule has 0 aromatic heterocycles. The number of aliphatic imine (C=N–C) groups is 1. The Bertz CT molecular complexity index is 502. The second-order valence-corrected chi connectivity index (χ2v) is 6.23. The van der Waals surface area contributed by atoms with E-state index in [9.17, 15) is 4.39 Å². The minimum Gasteiger partial charge on any atom is -0.381 e. The fourth-order valence-electron chi connectivity index (χ4n) is 2.65. The van der Waals surface area contributed by atoms with Crippen LogP contribution in [0.3, 0.4) is 0 Å². The van der Waals surface area contributed by atoms with Gasteiger partial charge in [-0.2, -0.15) is 0 Å². The van der Waals surface area contributed by atoms with Crippen LogP contribution in [0.15, 0.2) is 29.3 Å². The first-order valence-corrected chi connectivity index (χ1v) is 9.20. The van der Waals surface area contributed by atoms with E-state index in [2.05, 4.69) is 15.6 Å². The van der Waals surface area contributed by atoms with Crippen molar-refractivity contribution in [1.82, 2.24) is 10.6 Å². The number of hydrogen-bond donors (Lipinski definition) is 2. The third-order valence-corrected chi connectivity index (χ3v) is 4.13. The molecule has 1 fully saturated rings. The van der Waals surface area contributed by atoms with Crippen LogP contribution in [0, 0.1) is 11.7 Å². The van der Waals surface area contributed by atoms with E-state index in [4.69, 9.17) is 9.47 Å². The zero-order valence-electron chi connectivity index (χ0n) is 15.1. The summed E-state index contributed by atoms with van der Waals surface area (Å²) in [5, 5.41) is 6.52. The molecular formula is C19H30FN3O2. The molecule has 0 bridgehead atoms. The first-order valence-electron chi connectivity index (χ1n) is 9.20. The SMILES string of the molecule is CCNC(=NCc1ccc(F)cc1)NCCCOCC1CCOCC1. The molecule has 2 rings (SSSR count). The largest absolute Gasteiger partial charge is 0.381 e. The number of nitrogens with zero attached hydrogens (tertiary/aromatic N) is 1. The Morgan fingerprint density at radius 2 is 2.00 bits per heavy atom. The van der Waals surface area contributed by atoms with E-state index >= 15 is 0 Å². The molecule has 0 amide bonds. The highest BCUT2D eigenvalue weighted by Crippen LogP contribution is 2.14. The summed E-state index contributed by atoms with van der Waals surface area (Å²) in [5.41, 5.74) is 0.985. The minimum absolute atomic E-state index is 0.224. The van der Waals surface area contributed by atoms with Crippen molar-refractivity contribution in [2.45, 2.75) is 32.7 Å². The van der Waals surface area contributed by atoms with E-state index < -0.39 is 0 Å². The fourth-order valence-corrected chi connectivity index (χ4v) is 2.65. The van der Waals surface area contributed by atoms with Crippen molar-refractivity contribution in [3.8, 4) is 0 Å². The van der Waals surface area contributed by atoms with E-state index in [1.807, 2.05) is 6.92 Å². The molecule has 1 aliphatic rings. The Morgan fingerprint density at radius 1 is 1.24 bits per heavy atom. The summed E-state index contributed by atoms with van der Waals surface area (Å²) in [5.74, 6) is 1.20. The van der Waals surface area contributed by atoms with Gasteiger partial charge in [0.1, 0.15) is 5.82 Å². The molecule has 1 saturated heterocycles. The first kappa shape index (κ1) is 19.7. The number of ether oxygens (including phenoxy) is 2. The number of halogens is 1. The van der Waals surface area contributed by atoms with Crippen molar-refractivity contribution in [2.75, 3.05) is 39.5 Å². The van der Waals surface area contributed by atoms with Gasteiger partial charge in [0.15, 0.2) is 5.96 Å². The lowest BCUT2D eigenvalue weighted by Gasteiger charge is -2.21. The number of nitrogens with one attached hydrogen (secondary N) is 2. The summed E-state index contributed by atoms with van der Waals surface area (Å²) in [4.78, 5) is 4.52. The predicted octanol–water partition coefficient (Wildman–Crippen LogP) is 2.71. The van der Waals surface area contributed by atoms with Crippen LogP contribution in [0.1, 0.15) is 31.7 Å². The summed E-state index contributed by atoms with van der Waals surface area (Å²) in [6.07, 6.45) is 3.15. The minimum atomic E-state index is -0.224. The van der Waals surface area contributed by atoms with Gasteiger partial charge in [0.25, 0.3) is 0 Å². The van der Waals surface area contributed by atoms with Crippen molar-refractivity contribution < 1.29 is 13.9 Å². The van der Waals surface area contributed by atoms with Crippen LogP contribution < -0.4 is 10.6 Å². The molecule has 1 aliphatic heterocycles. The van der Waals surface area contributed by atoms with E-state index in [-0.39, 0.29) is 5.82 Å². The van der Waals surface area contributed by atoms with Crippen molar-refractivity contribution in [1.29, 1.82) is 0 Å². The second-order valence-electron chi connectivity index (χ2n) is 6.23. The molecule has 0 atom stereocenters. The number of guanidine groups is 1. The molecule has 140 valence electrons. The number of rotatable bonds is 9. The molecule has 0 aliphatic carbocycles. The van der Waals surface area contributed by atoms with Crippen molar-refractivity contribution in [3.63, 3.8) is 0 Å². The maximum absolute atomic E-state index is 12.9. The second kappa shape index (κ2) is 11.8. The molecule has 0 radical (unpaired) electrons. The first-order chi connectivity index (χ1) is 12.3. The van der Waals surface area contributed by atoms with Gasteiger partial charge in [-0.05, 0) is 49.8 Å². The third kappa shape index (κ3) is 8.31. The summed E-state index contributed by atoms with van der Waals surface area (Å²) < 4.78 is 24.0. The molecule has 5 nitrogen and oxygen atoms in total. The molecule has 0 saturated carbocycles. The van der Waals surface area contributed by atoms with Crippen LogP contribution in [0.25, 0.3) is 0 Å². The van der Waals surface area contributed by atoms with Crippen LogP contribution in [0.2, 0.25) is 0 Å². The van der Waals surface area contributed by atoms with Gasteiger partial charge in [-0.25, -0.2) is 9.38 Å². The summed E-state index contributed by atoms with van der Waals surface area (Å²) in [6, 6.07) is 6.43. The van der Waals surface area contributed by atoms with Crippen LogP contribution in [0.4, 0.5) is 4.39 Å². The number of hydrogen-bond acceptors (Lipinski definition) is 3. The maximum atomic E-state index is 12.9. The van der Waals surface area contributed by atoms with Gasteiger partial charge < -0.3 is 20.1 Å². The summed E-state index contributed by atoms with van der Waals surface area (Å²) in [6.45, 7) is 7.49. The Kier molecular flexibility index (Phi) is 9.29. The summed E-state index contributed by atoms with van der Waals surface area (Å²) in [7, 11) is 0. The topological polar surface area (TPSA) is 54.9 Å². The average molecular weight is 351 g/mol. The predicted molar refractivity (Wildman–Crippen MR) is 98.2 cm³/mol. The van der Waals surface area contributed by atoms with Crippen molar-refractivity contribution >= 4 is 5.96 Å². The Hall–Kier alpha value is -1.66. The monoisotopic (exact) mass is 351 g/mol. The van der Waals surface area contributed by atoms with E-state index in [1.165, 1.54) is 12.1 Å². The highest BCUT2D eigenvalue weighted by molar-refractivity contribution is 5.79. The maximum Gasteiger partial charge on any atom is 0.191 e. The van der Waals surface area contributed by atoms with E-state index in [1.54, 1.807) is 12.1 Å². The van der Waals surface area contributed by atoms with Crippen LogP contribution >= 0.6 is 0 Å². The van der Waals surface area contributed by atoms with Gasteiger partial charge in [-0.15, -0.1) is 0 Å². The van der Waals surface area contributed by atoms with Gasteiger partial charge in [0.2, 0.25) is 0 Å². The van der Waals surface area contributed by atoms with Gasteiger partial charge in [0, 0.05) is 39.5 Å². The molecule has 0 spiro atoms. The lowest BCUT2D eigenvalue weighted by molar-refractivity contribution is 0.0203. The van der Waals surface area contributed by atoms with Gasteiger partial charge in [-0.1, -0.05) is 12.1 Å².